The molecule has 0 radical (unpaired) electrons. The maximum Gasteiger partial charge on any atom is 0.137 e. The van der Waals surface area contributed by atoms with Gasteiger partial charge in [0.2, 0.25) is 0 Å². The SMILES string of the molecule is Cc1ccc(-c2occc2CCN)cc1C. The van der Waals surface area contributed by atoms with Gasteiger partial charge in [0.1, 0.15) is 5.76 Å². The zero-order valence-corrected chi connectivity index (χ0v) is 9.79. The summed E-state index contributed by atoms with van der Waals surface area (Å²) >= 11 is 0. The van der Waals surface area contributed by atoms with Crippen molar-refractivity contribution in [3.8, 4) is 11.3 Å². The third kappa shape index (κ3) is 2.02. The van der Waals surface area contributed by atoms with Crippen LogP contribution in [0.1, 0.15) is 16.7 Å². The van der Waals surface area contributed by atoms with E-state index in [0.29, 0.717) is 6.54 Å². The van der Waals surface area contributed by atoms with E-state index in [2.05, 4.69) is 32.0 Å². The van der Waals surface area contributed by atoms with Gasteiger partial charge >= 0.3 is 0 Å². The van der Waals surface area contributed by atoms with Gasteiger partial charge in [-0.1, -0.05) is 12.1 Å². The molecule has 1 aromatic carbocycles. The molecule has 0 atom stereocenters. The first-order valence-electron chi connectivity index (χ1n) is 5.56. The van der Waals surface area contributed by atoms with Gasteiger partial charge in [0.15, 0.2) is 0 Å². The Balaban J connectivity index is 2.42. The highest BCUT2D eigenvalue weighted by atomic mass is 16.3. The van der Waals surface area contributed by atoms with Crippen LogP contribution in [0.2, 0.25) is 0 Å². The van der Waals surface area contributed by atoms with Gasteiger partial charge < -0.3 is 10.2 Å². The summed E-state index contributed by atoms with van der Waals surface area (Å²) in [7, 11) is 0. The fourth-order valence-corrected chi connectivity index (χ4v) is 1.82. The molecule has 0 saturated heterocycles. The van der Waals surface area contributed by atoms with E-state index in [9.17, 15) is 0 Å². The summed E-state index contributed by atoms with van der Waals surface area (Å²) < 4.78 is 5.54. The molecule has 2 nitrogen and oxygen atoms in total. The number of hydrogen-bond donors (Lipinski definition) is 1. The Morgan fingerprint density at radius 3 is 2.62 bits per heavy atom. The topological polar surface area (TPSA) is 39.2 Å². The molecule has 0 aliphatic carbocycles. The second kappa shape index (κ2) is 4.54. The van der Waals surface area contributed by atoms with Gasteiger partial charge in [-0.05, 0) is 55.6 Å². The lowest BCUT2D eigenvalue weighted by atomic mass is 10.0. The van der Waals surface area contributed by atoms with E-state index in [1.807, 2.05) is 6.07 Å². The van der Waals surface area contributed by atoms with Crippen molar-refractivity contribution in [2.75, 3.05) is 6.54 Å². The van der Waals surface area contributed by atoms with Crippen LogP contribution in [-0.2, 0) is 6.42 Å². The lowest BCUT2D eigenvalue weighted by Crippen LogP contribution is -2.02. The number of rotatable bonds is 3. The summed E-state index contributed by atoms with van der Waals surface area (Å²) in [6.45, 7) is 4.88. The minimum atomic E-state index is 0.650. The largest absolute Gasteiger partial charge is 0.464 e. The van der Waals surface area contributed by atoms with Crippen molar-refractivity contribution in [3.63, 3.8) is 0 Å². The normalized spacial score (nSPS) is 10.7. The fourth-order valence-electron chi connectivity index (χ4n) is 1.82. The monoisotopic (exact) mass is 215 g/mol. The highest BCUT2D eigenvalue weighted by molar-refractivity contribution is 5.63. The molecule has 0 amide bonds. The smallest absolute Gasteiger partial charge is 0.137 e. The van der Waals surface area contributed by atoms with Gasteiger partial charge in [-0.25, -0.2) is 0 Å². The fraction of sp³-hybridized carbons (Fsp3) is 0.286. The van der Waals surface area contributed by atoms with Crippen LogP contribution in [-0.4, -0.2) is 6.54 Å². The van der Waals surface area contributed by atoms with E-state index in [0.717, 1.165) is 17.7 Å². The number of hydrogen-bond acceptors (Lipinski definition) is 2. The summed E-state index contributed by atoms with van der Waals surface area (Å²) in [5.74, 6) is 0.952. The summed E-state index contributed by atoms with van der Waals surface area (Å²) in [6, 6.07) is 8.38. The molecule has 1 heterocycles. The standard InChI is InChI=1S/C14H17NO/c1-10-3-4-13(9-11(10)2)14-12(5-7-15)6-8-16-14/h3-4,6,8-9H,5,7,15H2,1-2H3. The van der Waals surface area contributed by atoms with Gasteiger partial charge in [-0.15, -0.1) is 0 Å². The van der Waals surface area contributed by atoms with Gasteiger partial charge in [0, 0.05) is 5.56 Å². The predicted octanol–water partition coefficient (Wildman–Crippen LogP) is 3.06. The molecule has 16 heavy (non-hydrogen) atoms. The second-order valence-corrected chi connectivity index (χ2v) is 4.11. The molecule has 2 N–H and O–H groups in total. The predicted molar refractivity (Wildman–Crippen MR) is 66.4 cm³/mol. The van der Waals surface area contributed by atoms with E-state index in [-0.39, 0.29) is 0 Å². The first-order chi connectivity index (χ1) is 7.72. The first kappa shape index (κ1) is 11.0. The minimum Gasteiger partial charge on any atom is -0.464 e. The molecule has 2 aromatic rings. The number of benzene rings is 1. The van der Waals surface area contributed by atoms with E-state index >= 15 is 0 Å². The lowest BCUT2D eigenvalue weighted by Gasteiger charge is -2.05. The van der Waals surface area contributed by atoms with E-state index in [4.69, 9.17) is 10.2 Å². The maximum atomic E-state index is 5.58. The number of nitrogens with two attached hydrogens (primary N) is 1. The Morgan fingerprint density at radius 2 is 1.94 bits per heavy atom. The quantitative estimate of drug-likeness (QED) is 0.854. The van der Waals surface area contributed by atoms with Crippen LogP contribution in [0.25, 0.3) is 11.3 Å². The summed E-state index contributed by atoms with van der Waals surface area (Å²) in [6.07, 6.45) is 2.59. The van der Waals surface area contributed by atoms with Crippen LogP contribution in [0.3, 0.4) is 0 Å². The molecule has 0 fully saturated rings. The number of aryl methyl sites for hydroxylation is 2. The summed E-state index contributed by atoms with van der Waals surface area (Å²) in [5.41, 5.74) is 10.5. The summed E-state index contributed by atoms with van der Waals surface area (Å²) in [5, 5.41) is 0. The van der Waals surface area contributed by atoms with Gasteiger partial charge in [0.05, 0.1) is 6.26 Å². The molecule has 0 unspecified atom stereocenters. The van der Waals surface area contributed by atoms with Crippen molar-refractivity contribution >= 4 is 0 Å². The zero-order chi connectivity index (χ0) is 11.5. The molecule has 0 saturated carbocycles. The van der Waals surface area contributed by atoms with Crippen molar-refractivity contribution < 1.29 is 4.42 Å². The van der Waals surface area contributed by atoms with Crippen molar-refractivity contribution in [2.45, 2.75) is 20.3 Å². The average molecular weight is 215 g/mol. The zero-order valence-electron chi connectivity index (χ0n) is 9.79. The third-order valence-electron chi connectivity index (χ3n) is 2.93. The second-order valence-electron chi connectivity index (χ2n) is 4.11. The van der Waals surface area contributed by atoms with Crippen molar-refractivity contribution in [1.29, 1.82) is 0 Å². The van der Waals surface area contributed by atoms with Crippen LogP contribution >= 0.6 is 0 Å². The molecule has 2 rings (SSSR count). The highest BCUT2D eigenvalue weighted by Gasteiger charge is 2.08. The number of furan rings is 1. The average Bonchev–Trinajstić information content (AvgIpc) is 2.71. The van der Waals surface area contributed by atoms with E-state index < -0.39 is 0 Å². The van der Waals surface area contributed by atoms with Crippen LogP contribution in [0.5, 0.6) is 0 Å². The van der Waals surface area contributed by atoms with Crippen LogP contribution in [0, 0.1) is 13.8 Å². The lowest BCUT2D eigenvalue weighted by molar-refractivity contribution is 0.579. The molecule has 84 valence electrons. The van der Waals surface area contributed by atoms with Crippen LogP contribution in [0.15, 0.2) is 34.9 Å². The molecular formula is C14H17NO. The third-order valence-corrected chi connectivity index (χ3v) is 2.93. The van der Waals surface area contributed by atoms with Crippen molar-refractivity contribution in [1.82, 2.24) is 0 Å². The van der Waals surface area contributed by atoms with Gasteiger partial charge in [-0.2, -0.15) is 0 Å². The summed E-state index contributed by atoms with van der Waals surface area (Å²) in [4.78, 5) is 0. The van der Waals surface area contributed by atoms with Crippen molar-refractivity contribution in [2.24, 2.45) is 5.73 Å². The molecule has 0 bridgehead atoms. The van der Waals surface area contributed by atoms with E-state index in [1.165, 1.54) is 16.7 Å². The van der Waals surface area contributed by atoms with Crippen LogP contribution < -0.4 is 5.73 Å². The molecule has 2 heteroatoms. The van der Waals surface area contributed by atoms with E-state index in [1.54, 1.807) is 6.26 Å². The van der Waals surface area contributed by atoms with Crippen molar-refractivity contribution in [3.05, 3.63) is 47.2 Å². The highest BCUT2D eigenvalue weighted by Crippen LogP contribution is 2.26. The Kier molecular flexibility index (Phi) is 3.11. The minimum absolute atomic E-state index is 0.650. The molecule has 0 spiro atoms. The van der Waals surface area contributed by atoms with Crippen LogP contribution in [0.4, 0.5) is 0 Å². The Morgan fingerprint density at radius 1 is 1.12 bits per heavy atom. The van der Waals surface area contributed by atoms with Gasteiger partial charge in [-0.3, -0.25) is 0 Å². The molecule has 0 aliphatic rings. The Hall–Kier alpha value is -1.54. The molecular weight excluding hydrogens is 198 g/mol. The first-order valence-corrected chi connectivity index (χ1v) is 5.56. The Labute approximate surface area is 96.1 Å². The maximum absolute atomic E-state index is 5.58. The van der Waals surface area contributed by atoms with Gasteiger partial charge in [0.25, 0.3) is 0 Å². The molecule has 0 aliphatic heterocycles. The Bertz CT molecular complexity index is 485. The molecule has 1 aromatic heterocycles.